The summed E-state index contributed by atoms with van der Waals surface area (Å²) in [5, 5.41) is 0. The van der Waals surface area contributed by atoms with Gasteiger partial charge in [0.25, 0.3) is 0 Å². The summed E-state index contributed by atoms with van der Waals surface area (Å²) in [4.78, 5) is 15.4. The predicted octanol–water partition coefficient (Wildman–Crippen LogP) is 3.65. The molecule has 0 bridgehead atoms. The molecule has 1 amide bonds. The lowest BCUT2D eigenvalue weighted by atomic mass is 9.93. The minimum Gasteiger partial charge on any atom is -0.337 e. The number of rotatable bonds is 7. The molecule has 1 saturated carbocycles. The number of hydrazine groups is 1. The van der Waals surface area contributed by atoms with Gasteiger partial charge in [-0.25, -0.2) is 15.2 Å². The Morgan fingerprint density at radius 2 is 1.92 bits per heavy atom. The molecule has 2 fully saturated rings. The van der Waals surface area contributed by atoms with Crippen LogP contribution in [0.4, 0.5) is 4.39 Å². The first-order valence-corrected chi connectivity index (χ1v) is 11.0. The first-order valence-electron chi connectivity index (χ1n) is 9.83. The highest BCUT2D eigenvalue weighted by atomic mass is 32.2. The zero-order chi connectivity index (χ0) is 18.4. The van der Waals surface area contributed by atoms with E-state index >= 15 is 0 Å². The summed E-state index contributed by atoms with van der Waals surface area (Å²) in [6.07, 6.45) is 6.70. The summed E-state index contributed by atoms with van der Waals surface area (Å²) in [5.74, 6) is 2.07. The van der Waals surface area contributed by atoms with Gasteiger partial charge < -0.3 is 4.90 Å². The highest BCUT2D eigenvalue weighted by molar-refractivity contribution is 7.99. The molecule has 1 aromatic carbocycles. The number of amides is 1. The van der Waals surface area contributed by atoms with Gasteiger partial charge in [0.1, 0.15) is 11.9 Å². The lowest BCUT2D eigenvalue weighted by Gasteiger charge is -2.36. The number of hydrogen-bond donors (Lipinski definition) is 2. The highest BCUT2D eigenvalue weighted by Gasteiger charge is 2.35. The van der Waals surface area contributed by atoms with Crippen LogP contribution >= 0.6 is 11.8 Å². The van der Waals surface area contributed by atoms with Crippen molar-refractivity contribution < 1.29 is 9.18 Å². The van der Waals surface area contributed by atoms with Crippen molar-refractivity contribution in [3.63, 3.8) is 0 Å². The second kappa shape index (κ2) is 9.72. The van der Waals surface area contributed by atoms with Crippen LogP contribution in [0.2, 0.25) is 0 Å². The molecule has 2 atom stereocenters. The fourth-order valence-electron chi connectivity index (χ4n) is 4.00. The molecule has 2 N–H and O–H groups in total. The Hall–Kier alpha value is -1.11. The van der Waals surface area contributed by atoms with Gasteiger partial charge in [-0.05, 0) is 42.7 Å². The number of carbonyl (C=O) groups excluding carboxylic acids is 1. The van der Waals surface area contributed by atoms with Crippen molar-refractivity contribution in [2.75, 3.05) is 18.1 Å². The van der Waals surface area contributed by atoms with E-state index in [0.717, 1.165) is 36.5 Å². The van der Waals surface area contributed by atoms with Gasteiger partial charge in [-0.15, -0.1) is 0 Å². The maximum atomic E-state index is 13.2. The van der Waals surface area contributed by atoms with E-state index in [1.807, 2.05) is 11.8 Å². The fraction of sp³-hybridized carbons (Fsp3) is 0.650. The smallest absolute Gasteiger partial charge is 0.241 e. The molecule has 2 aliphatic rings. The summed E-state index contributed by atoms with van der Waals surface area (Å²) in [6, 6.07) is 6.75. The molecule has 6 heteroatoms. The molecular weight excluding hydrogens is 349 g/mol. The number of halogens is 1. The average molecular weight is 380 g/mol. The molecule has 1 aliphatic carbocycles. The Balaban J connectivity index is 1.63. The molecule has 2 unspecified atom stereocenters. The van der Waals surface area contributed by atoms with Gasteiger partial charge in [-0.2, -0.15) is 11.8 Å². The van der Waals surface area contributed by atoms with Crippen molar-refractivity contribution in [2.45, 2.75) is 63.6 Å². The molecule has 0 radical (unpaired) electrons. The van der Waals surface area contributed by atoms with Gasteiger partial charge in [0.15, 0.2) is 0 Å². The molecule has 26 heavy (non-hydrogen) atoms. The molecule has 1 heterocycles. The second-order valence-electron chi connectivity index (χ2n) is 7.20. The lowest BCUT2D eigenvalue weighted by Crippen LogP contribution is -2.51. The number of thioether (sulfide) groups is 1. The first kappa shape index (κ1) is 19.6. The Kier molecular flexibility index (Phi) is 7.34. The van der Waals surface area contributed by atoms with Gasteiger partial charge in [0.05, 0.1) is 0 Å². The van der Waals surface area contributed by atoms with Crippen LogP contribution in [0.15, 0.2) is 24.3 Å². The van der Waals surface area contributed by atoms with Gasteiger partial charge in [-0.1, -0.05) is 38.3 Å². The quantitative estimate of drug-likeness (QED) is 0.710. The minimum absolute atomic E-state index is 0.0442. The normalized spacial score (nSPS) is 23.9. The van der Waals surface area contributed by atoms with Crippen molar-refractivity contribution in [2.24, 2.45) is 0 Å². The molecule has 1 saturated heterocycles. The van der Waals surface area contributed by atoms with Crippen LogP contribution in [0, 0.1) is 5.82 Å². The number of nitrogens with zero attached hydrogens (tertiary/aromatic N) is 1. The summed E-state index contributed by atoms with van der Waals surface area (Å²) in [5.41, 5.74) is 7.42. The summed E-state index contributed by atoms with van der Waals surface area (Å²) >= 11 is 1.89. The minimum atomic E-state index is -0.232. The zero-order valence-corrected chi connectivity index (χ0v) is 16.4. The Morgan fingerprint density at radius 3 is 2.62 bits per heavy atom. The van der Waals surface area contributed by atoms with Crippen LogP contribution in [0.3, 0.4) is 0 Å². The van der Waals surface area contributed by atoms with Crippen LogP contribution in [0.1, 0.15) is 57.1 Å². The second-order valence-corrected chi connectivity index (χ2v) is 8.60. The topological polar surface area (TPSA) is 44.4 Å². The number of carbonyl (C=O) groups is 1. The molecule has 0 spiro atoms. The van der Waals surface area contributed by atoms with Crippen LogP contribution in [-0.4, -0.2) is 40.9 Å². The molecule has 1 aliphatic heterocycles. The number of nitrogens with one attached hydrogen (secondary N) is 2. The predicted molar refractivity (Wildman–Crippen MR) is 105 cm³/mol. The largest absolute Gasteiger partial charge is 0.337 e. The molecule has 3 rings (SSSR count). The molecular formula is C20H30FN3OS. The molecule has 1 aromatic rings. The van der Waals surface area contributed by atoms with E-state index in [2.05, 4.69) is 22.7 Å². The van der Waals surface area contributed by atoms with Crippen LogP contribution in [0.5, 0.6) is 0 Å². The molecule has 144 valence electrons. The van der Waals surface area contributed by atoms with Gasteiger partial charge in [0.2, 0.25) is 5.91 Å². The SMILES string of the molecule is CCSCCN(C(=O)C1CC(c2ccc(F)cc2)NN1)C1CCCCC1. The third kappa shape index (κ3) is 4.99. The van der Waals surface area contributed by atoms with Crippen molar-refractivity contribution in [3.05, 3.63) is 35.6 Å². The van der Waals surface area contributed by atoms with Crippen LogP contribution in [-0.2, 0) is 4.79 Å². The van der Waals surface area contributed by atoms with E-state index in [4.69, 9.17) is 0 Å². The van der Waals surface area contributed by atoms with Gasteiger partial charge >= 0.3 is 0 Å². The van der Waals surface area contributed by atoms with E-state index < -0.39 is 0 Å². The van der Waals surface area contributed by atoms with E-state index in [0.29, 0.717) is 12.5 Å². The van der Waals surface area contributed by atoms with Crippen molar-refractivity contribution in [1.29, 1.82) is 0 Å². The monoisotopic (exact) mass is 379 g/mol. The van der Waals surface area contributed by atoms with E-state index in [1.165, 1.54) is 31.4 Å². The van der Waals surface area contributed by atoms with Crippen molar-refractivity contribution in [1.82, 2.24) is 15.8 Å². The number of benzene rings is 1. The summed E-state index contributed by atoms with van der Waals surface area (Å²) in [7, 11) is 0. The third-order valence-electron chi connectivity index (χ3n) is 5.45. The fourth-order valence-corrected chi connectivity index (χ4v) is 4.62. The Labute approximate surface area is 160 Å². The Morgan fingerprint density at radius 1 is 1.19 bits per heavy atom. The van der Waals surface area contributed by atoms with E-state index in [9.17, 15) is 9.18 Å². The van der Waals surface area contributed by atoms with Gasteiger partial charge in [0, 0.05) is 24.4 Å². The maximum Gasteiger partial charge on any atom is 0.241 e. The van der Waals surface area contributed by atoms with E-state index in [1.54, 1.807) is 12.1 Å². The van der Waals surface area contributed by atoms with Crippen LogP contribution < -0.4 is 10.9 Å². The summed E-state index contributed by atoms with van der Waals surface area (Å²) in [6.45, 7) is 2.99. The number of hydrogen-bond acceptors (Lipinski definition) is 4. The lowest BCUT2D eigenvalue weighted by molar-refractivity contribution is -0.135. The van der Waals surface area contributed by atoms with Gasteiger partial charge in [-0.3, -0.25) is 4.79 Å². The van der Waals surface area contributed by atoms with E-state index in [-0.39, 0.29) is 23.8 Å². The standard InChI is InChI=1S/C20H30FN3OS/c1-2-26-13-12-24(17-6-4-3-5-7-17)20(25)19-14-18(22-23-19)15-8-10-16(21)11-9-15/h8-11,17-19,22-23H,2-7,12-14H2,1H3. The van der Waals surface area contributed by atoms with Crippen LogP contribution in [0.25, 0.3) is 0 Å². The van der Waals surface area contributed by atoms with Crippen molar-refractivity contribution >= 4 is 17.7 Å². The zero-order valence-electron chi connectivity index (χ0n) is 15.5. The Bertz CT molecular complexity index is 577. The first-order chi connectivity index (χ1) is 12.7. The third-order valence-corrected chi connectivity index (χ3v) is 6.33. The molecule has 0 aromatic heterocycles. The average Bonchev–Trinajstić information content (AvgIpc) is 3.16. The maximum absolute atomic E-state index is 13.2. The van der Waals surface area contributed by atoms with Crippen molar-refractivity contribution in [3.8, 4) is 0 Å². The highest BCUT2D eigenvalue weighted by Crippen LogP contribution is 2.27. The summed E-state index contributed by atoms with van der Waals surface area (Å²) < 4.78 is 13.1. The molecule has 4 nitrogen and oxygen atoms in total.